The van der Waals surface area contributed by atoms with Crippen molar-refractivity contribution in [2.75, 3.05) is 5.43 Å². The van der Waals surface area contributed by atoms with Gasteiger partial charge in [-0.1, -0.05) is 64.6 Å². The molecule has 6 nitrogen and oxygen atoms in total. The van der Waals surface area contributed by atoms with Gasteiger partial charge in [0.2, 0.25) is 0 Å². The highest BCUT2D eigenvalue weighted by Gasteiger charge is 2.09. The van der Waals surface area contributed by atoms with Gasteiger partial charge in [-0.3, -0.25) is 10.2 Å². The van der Waals surface area contributed by atoms with Crippen molar-refractivity contribution in [1.82, 2.24) is 10.4 Å². The van der Waals surface area contributed by atoms with Crippen LogP contribution in [-0.2, 0) is 0 Å². The Bertz CT molecular complexity index is 1170. The number of benzene rings is 2. The number of hydrogen-bond donors (Lipinski definition) is 2. The van der Waals surface area contributed by atoms with E-state index in [4.69, 9.17) is 46.4 Å². The summed E-state index contributed by atoms with van der Waals surface area (Å²) in [4.78, 5) is 16.4. The normalized spacial score (nSPS) is 11.3. The van der Waals surface area contributed by atoms with Gasteiger partial charge in [-0.15, -0.1) is 0 Å². The number of nitrogens with zero attached hydrogens (tertiary/aromatic N) is 3. The average molecular weight is 499 g/mol. The maximum Gasteiger partial charge on any atom is 0.271 e. The van der Waals surface area contributed by atoms with Crippen LogP contribution in [0.15, 0.2) is 58.7 Å². The van der Waals surface area contributed by atoms with Gasteiger partial charge in [0.25, 0.3) is 5.91 Å². The highest BCUT2D eigenvalue weighted by atomic mass is 35.5. The van der Waals surface area contributed by atoms with Crippen LogP contribution in [0.3, 0.4) is 0 Å². The summed E-state index contributed by atoms with van der Waals surface area (Å²) >= 11 is 23.9. The summed E-state index contributed by atoms with van der Waals surface area (Å²) in [6.07, 6.45) is 2.64. The van der Waals surface area contributed by atoms with Crippen molar-refractivity contribution in [1.29, 1.82) is 0 Å². The molecule has 3 rings (SSSR count). The lowest BCUT2D eigenvalue weighted by Gasteiger charge is -2.05. The minimum atomic E-state index is -0.566. The van der Waals surface area contributed by atoms with Crippen molar-refractivity contribution in [3.05, 3.63) is 91.3 Å². The van der Waals surface area contributed by atoms with Crippen LogP contribution in [0.1, 0.15) is 21.5 Å². The molecule has 0 spiro atoms. The van der Waals surface area contributed by atoms with Gasteiger partial charge in [-0.25, -0.2) is 14.8 Å². The quantitative estimate of drug-likeness (QED) is 0.247. The Morgan fingerprint density at radius 3 is 2.42 bits per heavy atom. The molecule has 3 aromatic rings. The van der Waals surface area contributed by atoms with E-state index in [0.29, 0.717) is 21.2 Å². The van der Waals surface area contributed by atoms with Gasteiger partial charge < -0.3 is 0 Å². The Hall–Kier alpha value is -2.71. The number of pyridine rings is 1. The lowest BCUT2D eigenvalue weighted by atomic mass is 10.2. The fraction of sp³-hybridized carbons (Fsp3) is 0. The molecule has 0 unspecified atom stereocenters. The van der Waals surface area contributed by atoms with E-state index in [0.717, 1.165) is 0 Å². The molecule has 0 atom stereocenters. The molecule has 1 aromatic heterocycles. The van der Waals surface area contributed by atoms with Crippen LogP contribution in [0.5, 0.6) is 0 Å². The summed E-state index contributed by atoms with van der Waals surface area (Å²) < 4.78 is 13.5. The Morgan fingerprint density at radius 1 is 0.968 bits per heavy atom. The first-order chi connectivity index (χ1) is 14.8. The second-order valence-electron chi connectivity index (χ2n) is 5.91. The first-order valence-electron chi connectivity index (χ1n) is 8.53. The van der Waals surface area contributed by atoms with Crippen molar-refractivity contribution in [2.24, 2.45) is 10.2 Å². The fourth-order valence-corrected chi connectivity index (χ4v) is 3.21. The number of carbonyl (C=O) groups excluding carboxylic acids is 1. The number of aromatic nitrogens is 1. The van der Waals surface area contributed by atoms with E-state index >= 15 is 0 Å². The third-order valence-electron chi connectivity index (χ3n) is 3.78. The fourth-order valence-electron chi connectivity index (χ4n) is 2.33. The first kappa shape index (κ1) is 23.0. The van der Waals surface area contributed by atoms with E-state index in [-0.39, 0.29) is 21.6 Å². The van der Waals surface area contributed by atoms with Gasteiger partial charge in [0.15, 0.2) is 0 Å². The second-order valence-corrected chi connectivity index (χ2v) is 7.49. The van der Waals surface area contributed by atoms with Crippen LogP contribution in [0, 0.1) is 5.82 Å². The molecule has 0 aliphatic carbocycles. The van der Waals surface area contributed by atoms with Gasteiger partial charge in [-0.05, 0) is 30.3 Å². The Morgan fingerprint density at radius 2 is 1.68 bits per heavy atom. The molecule has 0 bridgehead atoms. The van der Waals surface area contributed by atoms with Crippen LogP contribution in [0.4, 0.5) is 10.2 Å². The van der Waals surface area contributed by atoms with Crippen LogP contribution >= 0.6 is 46.4 Å². The molecular weight excluding hydrogens is 487 g/mol. The van der Waals surface area contributed by atoms with Crippen molar-refractivity contribution < 1.29 is 9.18 Å². The molecule has 2 aromatic carbocycles. The highest BCUT2D eigenvalue weighted by Crippen LogP contribution is 2.22. The third-order valence-corrected chi connectivity index (χ3v) is 5.03. The predicted molar refractivity (Wildman–Crippen MR) is 123 cm³/mol. The minimum Gasteiger partial charge on any atom is -0.267 e. The van der Waals surface area contributed by atoms with Crippen molar-refractivity contribution in [3.63, 3.8) is 0 Å². The van der Waals surface area contributed by atoms with E-state index < -0.39 is 11.7 Å². The number of carbonyl (C=O) groups is 1. The largest absolute Gasteiger partial charge is 0.271 e. The second kappa shape index (κ2) is 10.5. The molecule has 0 fully saturated rings. The molecule has 158 valence electrons. The lowest BCUT2D eigenvalue weighted by molar-refractivity contribution is 0.0955. The molecule has 0 aliphatic heterocycles. The zero-order valence-electron chi connectivity index (χ0n) is 15.4. The molecule has 11 heteroatoms. The van der Waals surface area contributed by atoms with Gasteiger partial charge in [0, 0.05) is 16.7 Å². The Kier molecular flexibility index (Phi) is 7.81. The molecule has 1 heterocycles. The number of hydrazone groups is 2. The summed E-state index contributed by atoms with van der Waals surface area (Å²) in [6, 6.07) is 12.1. The number of amides is 1. The van der Waals surface area contributed by atoms with Crippen LogP contribution in [0.25, 0.3) is 0 Å². The molecule has 0 radical (unpaired) electrons. The number of halogens is 5. The molecule has 31 heavy (non-hydrogen) atoms. The van der Waals surface area contributed by atoms with E-state index in [1.807, 2.05) is 0 Å². The molecule has 2 N–H and O–H groups in total. The molecule has 0 saturated carbocycles. The van der Waals surface area contributed by atoms with Gasteiger partial charge in [0.05, 0.1) is 27.5 Å². The zero-order valence-corrected chi connectivity index (χ0v) is 18.4. The molecular formula is C20H12Cl4FN5O. The molecule has 1 amide bonds. The maximum absolute atomic E-state index is 13.5. The third kappa shape index (κ3) is 6.15. The average Bonchev–Trinajstić information content (AvgIpc) is 2.73. The lowest BCUT2D eigenvalue weighted by Crippen LogP contribution is -2.18. The standard InChI is InChI=1S/C20H12Cl4FN5O/c21-14-4-2-5-15(22)13(14)10-27-30-20(31)12-7-17(23)28-18(8-12)29-26-9-11-3-1-6-16(25)19(11)24/h1-10H,(H,28,29)(H,30,31)/b26-9+,27-10+. The number of nitrogens with one attached hydrogen (secondary N) is 2. The van der Waals surface area contributed by atoms with Crippen molar-refractivity contribution in [3.8, 4) is 0 Å². The topological polar surface area (TPSA) is 78.7 Å². The highest BCUT2D eigenvalue weighted by molar-refractivity contribution is 6.38. The Labute approximate surface area is 196 Å². The van der Waals surface area contributed by atoms with E-state index in [1.54, 1.807) is 24.3 Å². The van der Waals surface area contributed by atoms with E-state index in [9.17, 15) is 9.18 Å². The van der Waals surface area contributed by atoms with E-state index in [1.165, 1.54) is 36.7 Å². The van der Waals surface area contributed by atoms with Crippen molar-refractivity contribution in [2.45, 2.75) is 0 Å². The summed E-state index contributed by atoms with van der Waals surface area (Å²) in [5, 5.41) is 8.56. The summed E-state index contributed by atoms with van der Waals surface area (Å²) in [7, 11) is 0. The smallest absolute Gasteiger partial charge is 0.267 e. The van der Waals surface area contributed by atoms with Gasteiger partial charge in [-0.2, -0.15) is 10.2 Å². The van der Waals surface area contributed by atoms with Crippen LogP contribution in [-0.4, -0.2) is 23.3 Å². The Balaban J connectivity index is 1.70. The first-order valence-corrected chi connectivity index (χ1v) is 10.0. The summed E-state index contributed by atoms with van der Waals surface area (Å²) in [5.41, 5.74) is 5.96. The minimum absolute atomic E-state index is 0.0484. The van der Waals surface area contributed by atoms with Gasteiger partial charge in [0.1, 0.15) is 16.8 Å². The number of rotatable bonds is 6. The molecule has 0 aliphatic rings. The number of hydrogen-bond acceptors (Lipinski definition) is 5. The van der Waals surface area contributed by atoms with Crippen molar-refractivity contribution >= 4 is 70.6 Å². The maximum atomic E-state index is 13.5. The predicted octanol–water partition coefficient (Wildman–Crippen LogP) is 6.04. The zero-order chi connectivity index (χ0) is 22.4. The van der Waals surface area contributed by atoms with Crippen LogP contribution < -0.4 is 10.9 Å². The van der Waals surface area contributed by atoms with Crippen LogP contribution in [0.2, 0.25) is 20.2 Å². The summed E-state index contributed by atoms with van der Waals surface area (Å²) in [6.45, 7) is 0. The van der Waals surface area contributed by atoms with Gasteiger partial charge >= 0.3 is 0 Å². The SMILES string of the molecule is O=C(N/N=C/c1c(Cl)cccc1Cl)c1cc(Cl)nc(N/N=C/c2cccc(F)c2Cl)c1. The monoisotopic (exact) mass is 497 g/mol. The summed E-state index contributed by atoms with van der Waals surface area (Å²) in [5.74, 6) is -0.937. The molecule has 0 saturated heterocycles. The number of anilines is 1. The van der Waals surface area contributed by atoms with E-state index in [2.05, 4.69) is 26.0 Å².